The molecular formula is C20H32OY-2. The number of Topliss-reactive ketones (excluding diaryl/α,β-unsaturated/α-hetero) is 1. The van der Waals surface area contributed by atoms with Crippen LogP contribution in [0.1, 0.15) is 65.2 Å². The van der Waals surface area contributed by atoms with E-state index in [9.17, 15) is 4.79 Å². The Kier molecular flexibility index (Phi) is 31.1. The van der Waals surface area contributed by atoms with Crippen molar-refractivity contribution in [2.45, 2.75) is 65.2 Å². The summed E-state index contributed by atoms with van der Waals surface area (Å²) >= 11 is 0. The minimum atomic E-state index is 0. The van der Waals surface area contributed by atoms with E-state index in [2.05, 4.69) is 38.2 Å². The molecule has 0 N–H and O–H groups in total. The monoisotopic (exact) mass is 377 g/mol. The average molecular weight is 377 g/mol. The van der Waals surface area contributed by atoms with E-state index in [4.69, 9.17) is 6.58 Å². The second-order valence-electron chi connectivity index (χ2n) is 4.84. The van der Waals surface area contributed by atoms with Crippen molar-refractivity contribution in [3.63, 3.8) is 0 Å². The summed E-state index contributed by atoms with van der Waals surface area (Å²) in [5.41, 5.74) is 0. The van der Waals surface area contributed by atoms with E-state index in [0.717, 1.165) is 19.3 Å². The molecule has 0 aliphatic heterocycles. The van der Waals surface area contributed by atoms with Gasteiger partial charge in [-0.1, -0.05) is 44.1 Å². The van der Waals surface area contributed by atoms with Crippen molar-refractivity contribution < 1.29 is 37.5 Å². The van der Waals surface area contributed by atoms with Crippen molar-refractivity contribution in [1.82, 2.24) is 0 Å². The Morgan fingerprint density at radius 1 is 1.05 bits per heavy atom. The molecule has 0 aromatic carbocycles. The Morgan fingerprint density at radius 2 is 1.64 bits per heavy atom. The molecule has 0 saturated carbocycles. The van der Waals surface area contributed by atoms with Gasteiger partial charge in [0, 0.05) is 32.7 Å². The van der Waals surface area contributed by atoms with Gasteiger partial charge >= 0.3 is 0 Å². The molecule has 0 aliphatic rings. The summed E-state index contributed by atoms with van der Waals surface area (Å²) in [5, 5.41) is 0. The van der Waals surface area contributed by atoms with Gasteiger partial charge in [0.2, 0.25) is 0 Å². The normalized spacial score (nSPS) is 10.5. The third-order valence-electron chi connectivity index (χ3n) is 2.63. The molecule has 0 heterocycles. The number of hydrogen-bond acceptors (Lipinski definition) is 1. The number of ketones is 1. The molecular weight excluding hydrogens is 345 g/mol. The van der Waals surface area contributed by atoms with E-state index in [-0.39, 0.29) is 38.5 Å². The van der Waals surface area contributed by atoms with Gasteiger partial charge in [-0.05, 0) is 39.0 Å². The minimum Gasteiger partial charge on any atom is -0.343 e. The van der Waals surface area contributed by atoms with Crippen molar-refractivity contribution in [3.05, 3.63) is 56.0 Å². The van der Waals surface area contributed by atoms with E-state index < -0.39 is 0 Å². The van der Waals surface area contributed by atoms with E-state index in [1.165, 1.54) is 25.7 Å². The Hall–Kier alpha value is -0.266. The fraction of sp³-hybridized carbons (Fsp3) is 0.500. The number of unbranched alkanes of at least 4 members (excludes halogenated alkanes) is 3. The van der Waals surface area contributed by atoms with Crippen LogP contribution in [-0.4, -0.2) is 5.78 Å². The van der Waals surface area contributed by atoms with Crippen molar-refractivity contribution in [2.24, 2.45) is 0 Å². The van der Waals surface area contributed by atoms with Gasteiger partial charge in [-0.3, -0.25) is 6.58 Å². The molecule has 0 aliphatic carbocycles. The zero-order valence-corrected chi connectivity index (χ0v) is 17.3. The van der Waals surface area contributed by atoms with Crippen LogP contribution < -0.4 is 0 Å². The molecule has 0 unspecified atom stereocenters. The molecule has 0 atom stereocenters. The second kappa shape index (κ2) is 25.7. The molecule has 0 amide bonds. The van der Waals surface area contributed by atoms with Crippen molar-refractivity contribution in [3.8, 4) is 0 Å². The number of carbonyl (C=O) groups is 1. The van der Waals surface area contributed by atoms with Crippen LogP contribution in [0, 0.1) is 13.5 Å². The van der Waals surface area contributed by atoms with Crippen LogP contribution in [-0.2, 0) is 37.5 Å². The molecule has 0 bridgehead atoms. The molecule has 1 radical (unpaired) electrons. The van der Waals surface area contributed by atoms with E-state index >= 15 is 0 Å². The number of allylic oxidation sites excluding steroid dienone is 7. The Labute approximate surface area is 163 Å². The van der Waals surface area contributed by atoms with Crippen molar-refractivity contribution >= 4 is 5.78 Å². The second-order valence-corrected chi connectivity index (χ2v) is 4.84. The Bertz CT molecular complexity index is 314. The van der Waals surface area contributed by atoms with Crippen molar-refractivity contribution in [1.29, 1.82) is 0 Å². The predicted octanol–water partition coefficient (Wildman–Crippen LogP) is 6.19. The van der Waals surface area contributed by atoms with Gasteiger partial charge < -0.3 is 11.7 Å². The zero-order valence-electron chi connectivity index (χ0n) is 14.5. The number of rotatable bonds is 11. The van der Waals surface area contributed by atoms with Crippen LogP contribution in [0.2, 0.25) is 0 Å². The van der Waals surface area contributed by atoms with Gasteiger partial charge in [-0.15, -0.1) is 0 Å². The molecule has 2 heteroatoms. The molecule has 0 rings (SSSR count). The maximum Gasteiger partial charge on any atom is 0.127 e. The maximum absolute atomic E-state index is 10.0. The minimum absolute atomic E-state index is 0. The third-order valence-corrected chi connectivity index (χ3v) is 2.63. The summed E-state index contributed by atoms with van der Waals surface area (Å²) in [6.07, 6.45) is 22.9. The van der Waals surface area contributed by atoms with E-state index in [0.29, 0.717) is 6.42 Å². The standard InChI is InChI=1S/C15H23.C5H9O.Y/c1-3-5-7-9-11-13-15-14-12-10-8-6-4-2;1-3-4-5(2)6;/h1,3,5,7,11-14H,4,6,8-10,15H2,2H3;1,3-4H2,2H3;/q2*-1;/b7-5-,13-11-,14-12-;;. The van der Waals surface area contributed by atoms with Crippen LogP contribution in [0.15, 0.2) is 42.5 Å². The SMILES string of the molecule is [CH-]=C/C=C\C/C=C\C/C=C\CCCCC.[CH2-]CCC(C)=O.[Y]. The molecule has 0 aromatic rings. The summed E-state index contributed by atoms with van der Waals surface area (Å²) in [5.74, 6) is 0.227. The number of carbonyl (C=O) groups excluding carboxylic acids is 1. The predicted molar refractivity (Wildman–Crippen MR) is 94.9 cm³/mol. The van der Waals surface area contributed by atoms with Gasteiger partial charge in [0.1, 0.15) is 5.78 Å². The van der Waals surface area contributed by atoms with Crippen LogP contribution in [0.4, 0.5) is 0 Å². The van der Waals surface area contributed by atoms with Gasteiger partial charge in [0.15, 0.2) is 0 Å². The first kappa shape index (κ1) is 26.6. The average Bonchev–Trinajstić information content (AvgIpc) is 2.45. The summed E-state index contributed by atoms with van der Waals surface area (Å²) in [4.78, 5) is 10.0. The van der Waals surface area contributed by atoms with Gasteiger partial charge in [-0.25, -0.2) is 12.2 Å². The Morgan fingerprint density at radius 3 is 2.09 bits per heavy atom. The Balaban J connectivity index is -0.000000439. The fourth-order valence-electron chi connectivity index (χ4n) is 1.48. The summed E-state index contributed by atoms with van der Waals surface area (Å²) < 4.78 is 0. The van der Waals surface area contributed by atoms with Crippen LogP contribution in [0.25, 0.3) is 0 Å². The molecule has 22 heavy (non-hydrogen) atoms. The maximum atomic E-state index is 10.0. The molecule has 0 spiro atoms. The first-order valence-electron chi connectivity index (χ1n) is 7.97. The van der Waals surface area contributed by atoms with Gasteiger partial charge in [0.25, 0.3) is 0 Å². The quantitative estimate of drug-likeness (QED) is 0.182. The van der Waals surface area contributed by atoms with Gasteiger partial charge in [-0.2, -0.15) is 12.5 Å². The molecule has 0 saturated heterocycles. The fourth-order valence-corrected chi connectivity index (χ4v) is 1.48. The van der Waals surface area contributed by atoms with Crippen LogP contribution in [0.5, 0.6) is 0 Å². The van der Waals surface area contributed by atoms with Crippen LogP contribution >= 0.6 is 0 Å². The molecule has 0 aromatic heterocycles. The summed E-state index contributed by atoms with van der Waals surface area (Å²) in [7, 11) is 0. The first-order chi connectivity index (χ1) is 10.2. The molecule has 1 nitrogen and oxygen atoms in total. The zero-order chi connectivity index (χ0) is 16.2. The third kappa shape index (κ3) is 31.9. The largest absolute Gasteiger partial charge is 0.343 e. The topological polar surface area (TPSA) is 17.1 Å². The molecule has 123 valence electrons. The smallest absolute Gasteiger partial charge is 0.127 e. The van der Waals surface area contributed by atoms with E-state index in [1.54, 1.807) is 13.0 Å². The molecule has 0 fully saturated rings. The van der Waals surface area contributed by atoms with Gasteiger partial charge in [0.05, 0.1) is 0 Å². The van der Waals surface area contributed by atoms with Crippen LogP contribution in [0.3, 0.4) is 0 Å². The first-order valence-corrected chi connectivity index (χ1v) is 7.97. The summed E-state index contributed by atoms with van der Waals surface area (Å²) in [6, 6.07) is 0. The van der Waals surface area contributed by atoms with E-state index in [1.807, 2.05) is 12.2 Å². The van der Waals surface area contributed by atoms with Crippen molar-refractivity contribution in [2.75, 3.05) is 0 Å². The number of hydrogen-bond donors (Lipinski definition) is 0. The summed E-state index contributed by atoms with van der Waals surface area (Å²) in [6.45, 7) is 12.5.